The number of benzene rings is 7. The minimum atomic E-state index is -0.203. The number of nitrogens with zero attached hydrogens (tertiary/aromatic N) is 2. The van der Waals surface area contributed by atoms with E-state index < -0.39 is 0 Å². The number of rotatable bonds is 5. The number of aliphatic imine (C=N–C) groups is 1. The molecule has 1 atom stereocenters. The smallest absolute Gasteiger partial charge is 0.157 e. The number of amidine groups is 1. The Kier molecular flexibility index (Phi) is 6.59. The number of anilines is 3. The summed E-state index contributed by atoms with van der Waals surface area (Å²) in [7, 11) is 0. The predicted octanol–water partition coefficient (Wildman–Crippen LogP) is 12.9. The van der Waals surface area contributed by atoms with Gasteiger partial charge in [-0.15, -0.1) is 0 Å². The first-order chi connectivity index (χ1) is 26.5. The second-order valence-corrected chi connectivity index (χ2v) is 14.8. The van der Waals surface area contributed by atoms with E-state index in [0.29, 0.717) is 0 Å². The maximum absolute atomic E-state index is 6.63. The lowest BCUT2D eigenvalue weighted by Gasteiger charge is -2.32. The second kappa shape index (κ2) is 11.6. The van der Waals surface area contributed by atoms with Crippen LogP contribution in [-0.4, -0.2) is 5.84 Å². The van der Waals surface area contributed by atoms with Crippen LogP contribution in [0.4, 0.5) is 22.7 Å². The van der Waals surface area contributed by atoms with E-state index in [0.717, 1.165) is 78.4 Å². The van der Waals surface area contributed by atoms with Gasteiger partial charge in [0.15, 0.2) is 5.76 Å². The van der Waals surface area contributed by atoms with Crippen molar-refractivity contribution in [3.63, 3.8) is 0 Å². The zero-order chi connectivity index (χ0) is 36.0. The van der Waals surface area contributed by atoms with Crippen LogP contribution >= 0.6 is 0 Å². The van der Waals surface area contributed by atoms with E-state index in [1.165, 1.54) is 22.3 Å². The van der Waals surface area contributed by atoms with Gasteiger partial charge in [0.25, 0.3) is 0 Å². The topological polar surface area (TPSA) is 53.9 Å². The highest BCUT2D eigenvalue weighted by molar-refractivity contribution is 6.16. The highest BCUT2D eigenvalue weighted by Crippen LogP contribution is 2.55. The van der Waals surface area contributed by atoms with E-state index in [1.54, 1.807) is 0 Å². The molecule has 0 saturated carbocycles. The average Bonchev–Trinajstić information content (AvgIpc) is 3.86. The largest absolute Gasteiger partial charge is 0.456 e. The molecule has 1 N–H and O–H groups in total. The first-order valence-electron chi connectivity index (χ1n) is 18.5. The van der Waals surface area contributed by atoms with Crippen molar-refractivity contribution in [1.82, 2.24) is 5.32 Å². The van der Waals surface area contributed by atoms with Crippen molar-refractivity contribution >= 4 is 61.5 Å². The second-order valence-electron chi connectivity index (χ2n) is 14.8. The quantitative estimate of drug-likeness (QED) is 0.194. The first kappa shape index (κ1) is 30.7. The SMILES string of the molecule is CC1(C)c2ccccc2-c2cccc(N(c3ccccc3)c3cccc4oc5ccc(C6=Nc7c(oc8ccccc78)C(c7ccccc7)N6)cc5c34)c21. The highest BCUT2D eigenvalue weighted by Gasteiger charge is 2.39. The zero-order valence-electron chi connectivity index (χ0n) is 29.9. The van der Waals surface area contributed by atoms with Gasteiger partial charge < -0.3 is 19.1 Å². The Labute approximate surface area is 312 Å². The van der Waals surface area contributed by atoms with Gasteiger partial charge in [-0.25, -0.2) is 4.99 Å². The Balaban J connectivity index is 1.13. The molecule has 2 aliphatic rings. The molecule has 7 aromatic carbocycles. The summed E-state index contributed by atoms with van der Waals surface area (Å²) in [5.74, 6) is 1.61. The highest BCUT2D eigenvalue weighted by atomic mass is 16.3. The molecule has 5 nitrogen and oxygen atoms in total. The van der Waals surface area contributed by atoms with Crippen LogP contribution < -0.4 is 10.2 Å². The normalized spacial score (nSPS) is 15.4. The first-order valence-corrected chi connectivity index (χ1v) is 18.5. The molecule has 0 saturated heterocycles. The van der Waals surface area contributed by atoms with Crippen LogP contribution in [-0.2, 0) is 5.41 Å². The third-order valence-electron chi connectivity index (χ3n) is 11.3. The van der Waals surface area contributed by atoms with Gasteiger partial charge in [-0.1, -0.05) is 117 Å². The van der Waals surface area contributed by atoms with E-state index in [2.05, 4.69) is 164 Å². The number of para-hydroxylation sites is 2. The standard InChI is InChI=1S/C49H35N3O2/c1-49(2)37-22-11-9-19-33(37)34-21-13-24-39(44(34)49)52(32-17-7-4-8-18-32)38-23-14-26-42-43(38)36-29-31(27-28-41(36)53-42)48-50-45(30-15-5-3-6-16-30)47-46(51-48)35-20-10-12-25-40(35)54-47/h3-29,45H,1-2H3,(H,50,51). The summed E-state index contributed by atoms with van der Waals surface area (Å²) in [5, 5.41) is 6.84. The summed E-state index contributed by atoms with van der Waals surface area (Å²) in [6.45, 7) is 4.69. The summed E-state index contributed by atoms with van der Waals surface area (Å²) in [4.78, 5) is 7.67. The lowest BCUT2D eigenvalue weighted by molar-refractivity contribution is 0.504. The minimum Gasteiger partial charge on any atom is -0.456 e. The molecule has 2 aromatic heterocycles. The molecule has 9 aromatic rings. The Morgan fingerprint density at radius 3 is 2.15 bits per heavy atom. The molecule has 0 spiro atoms. The molecule has 258 valence electrons. The van der Waals surface area contributed by atoms with E-state index in [4.69, 9.17) is 13.8 Å². The number of hydrogen-bond donors (Lipinski definition) is 1. The monoisotopic (exact) mass is 697 g/mol. The van der Waals surface area contributed by atoms with E-state index in [-0.39, 0.29) is 11.5 Å². The molecule has 0 radical (unpaired) electrons. The molecular weight excluding hydrogens is 663 g/mol. The summed E-state index contributed by atoms with van der Waals surface area (Å²) in [6.07, 6.45) is 0. The Hall–Kier alpha value is -6.85. The Morgan fingerprint density at radius 2 is 1.28 bits per heavy atom. The molecule has 1 unspecified atom stereocenters. The van der Waals surface area contributed by atoms with Gasteiger partial charge in [0.05, 0.1) is 16.8 Å². The van der Waals surface area contributed by atoms with Crippen molar-refractivity contribution in [1.29, 1.82) is 0 Å². The fraction of sp³-hybridized carbons (Fsp3) is 0.0816. The summed E-state index contributed by atoms with van der Waals surface area (Å²) < 4.78 is 13.1. The van der Waals surface area contributed by atoms with Crippen molar-refractivity contribution < 1.29 is 8.83 Å². The number of nitrogens with one attached hydrogen (secondary N) is 1. The average molecular weight is 698 g/mol. The van der Waals surface area contributed by atoms with Crippen molar-refractivity contribution in [3.05, 3.63) is 192 Å². The van der Waals surface area contributed by atoms with Gasteiger partial charge >= 0.3 is 0 Å². The van der Waals surface area contributed by atoms with Crippen LogP contribution in [0.1, 0.15) is 47.9 Å². The molecule has 1 aliphatic heterocycles. The van der Waals surface area contributed by atoms with Crippen LogP contribution in [0.3, 0.4) is 0 Å². The van der Waals surface area contributed by atoms with Gasteiger partial charge in [-0.05, 0) is 88.5 Å². The van der Waals surface area contributed by atoms with Crippen LogP contribution in [0, 0.1) is 0 Å². The molecule has 0 bridgehead atoms. The predicted molar refractivity (Wildman–Crippen MR) is 220 cm³/mol. The van der Waals surface area contributed by atoms with Gasteiger partial charge in [-0.3, -0.25) is 0 Å². The molecule has 0 fully saturated rings. The molecule has 11 rings (SSSR count). The van der Waals surface area contributed by atoms with Crippen LogP contribution in [0.2, 0.25) is 0 Å². The molecular formula is C49H35N3O2. The van der Waals surface area contributed by atoms with Crippen molar-refractivity contribution in [2.75, 3.05) is 4.90 Å². The number of fused-ring (bicyclic) bond motifs is 9. The van der Waals surface area contributed by atoms with Gasteiger partial charge in [-0.2, -0.15) is 0 Å². The summed E-state index contributed by atoms with van der Waals surface area (Å²) in [5.41, 5.74) is 13.8. The van der Waals surface area contributed by atoms with Crippen LogP contribution in [0.25, 0.3) is 44.0 Å². The third kappa shape index (κ3) is 4.48. The minimum absolute atomic E-state index is 0.199. The van der Waals surface area contributed by atoms with Crippen molar-refractivity contribution in [2.24, 2.45) is 4.99 Å². The molecule has 1 aliphatic carbocycles. The Bertz CT molecular complexity index is 2950. The number of furan rings is 2. The van der Waals surface area contributed by atoms with Crippen LogP contribution in [0.15, 0.2) is 178 Å². The van der Waals surface area contributed by atoms with E-state index in [1.807, 2.05) is 24.3 Å². The third-order valence-corrected chi connectivity index (χ3v) is 11.3. The Morgan fingerprint density at radius 1 is 0.593 bits per heavy atom. The zero-order valence-corrected chi connectivity index (χ0v) is 29.9. The fourth-order valence-electron chi connectivity index (χ4n) is 8.87. The molecule has 0 amide bonds. The maximum atomic E-state index is 6.63. The van der Waals surface area contributed by atoms with E-state index in [9.17, 15) is 0 Å². The molecule has 54 heavy (non-hydrogen) atoms. The van der Waals surface area contributed by atoms with Crippen molar-refractivity contribution in [3.8, 4) is 11.1 Å². The fourth-order valence-corrected chi connectivity index (χ4v) is 8.87. The summed E-state index contributed by atoms with van der Waals surface area (Å²) >= 11 is 0. The summed E-state index contributed by atoms with van der Waals surface area (Å²) in [6, 6.07) is 57.4. The molecule has 5 heteroatoms. The van der Waals surface area contributed by atoms with Gasteiger partial charge in [0, 0.05) is 27.4 Å². The van der Waals surface area contributed by atoms with Gasteiger partial charge in [0.1, 0.15) is 34.3 Å². The van der Waals surface area contributed by atoms with Crippen LogP contribution in [0.5, 0.6) is 0 Å². The molecule has 3 heterocycles. The maximum Gasteiger partial charge on any atom is 0.157 e. The van der Waals surface area contributed by atoms with Crippen molar-refractivity contribution in [2.45, 2.75) is 25.3 Å². The number of hydrogen-bond acceptors (Lipinski definition) is 5. The lowest BCUT2D eigenvalue weighted by atomic mass is 9.81. The van der Waals surface area contributed by atoms with Gasteiger partial charge in [0.2, 0.25) is 0 Å². The lowest BCUT2D eigenvalue weighted by Crippen LogP contribution is -2.32. The van der Waals surface area contributed by atoms with E-state index >= 15 is 0 Å².